The number of nitrogens with one attached hydrogen (secondary N) is 1. The van der Waals surface area contributed by atoms with Crippen LogP contribution < -0.4 is 0 Å². The highest BCUT2D eigenvalue weighted by atomic mass is 16.6. The first-order chi connectivity index (χ1) is 10.1. The number of para-hydroxylation sites is 2. The van der Waals surface area contributed by atoms with Crippen molar-refractivity contribution in [3.8, 4) is 0 Å². The predicted octanol–water partition coefficient (Wildman–Crippen LogP) is 2.75. The van der Waals surface area contributed by atoms with Crippen molar-refractivity contribution in [3.05, 3.63) is 70.0 Å². The molecule has 0 aliphatic carbocycles. The maximum absolute atomic E-state index is 10.8. The molecule has 1 heterocycles. The second-order valence-electron chi connectivity index (χ2n) is 4.77. The van der Waals surface area contributed by atoms with Gasteiger partial charge in [-0.2, -0.15) is 0 Å². The Morgan fingerprint density at radius 2 is 2.05 bits per heavy atom. The van der Waals surface area contributed by atoms with Crippen LogP contribution in [0.2, 0.25) is 0 Å². The SMILES string of the molecule is O=[N+]([O-])c1cccc(C(O)Cc2nc3ccccc3[nH]2)c1. The van der Waals surface area contributed by atoms with Crippen molar-refractivity contribution >= 4 is 16.7 Å². The van der Waals surface area contributed by atoms with Gasteiger partial charge in [-0.05, 0) is 17.7 Å². The first kappa shape index (κ1) is 13.3. The molecule has 2 N–H and O–H groups in total. The van der Waals surface area contributed by atoms with Crippen LogP contribution in [0, 0.1) is 10.1 Å². The van der Waals surface area contributed by atoms with E-state index in [1.165, 1.54) is 12.1 Å². The summed E-state index contributed by atoms with van der Waals surface area (Å²) < 4.78 is 0. The summed E-state index contributed by atoms with van der Waals surface area (Å²) in [6.07, 6.45) is -0.569. The third-order valence-corrected chi connectivity index (χ3v) is 3.29. The van der Waals surface area contributed by atoms with Crippen molar-refractivity contribution in [2.45, 2.75) is 12.5 Å². The lowest BCUT2D eigenvalue weighted by Crippen LogP contribution is -2.03. The third-order valence-electron chi connectivity index (χ3n) is 3.29. The van der Waals surface area contributed by atoms with Crippen LogP contribution in [0.1, 0.15) is 17.5 Å². The number of aliphatic hydroxyl groups excluding tert-OH is 1. The van der Waals surface area contributed by atoms with Crippen LogP contribution in [-0.4, -0.2) is 20.0 Å². The van der Waals surface area contributed by atoms with Crippen LogP contribution in [0.15, 0.2) is 48.5 Å². The van der Waals surface area contributed by atoms with Gasteiger partial charge < -0.3 is 10.1 Å². The number of aliphatic hydroxyl groups is 1. The highest BCUT2D eigenvalue weighted by molar-refractivity contribution is 5.74. The number of aromatic amines is 1. The number of nitro benzene ring substituents is 1. The van der Waals surface area contributed by atoms with E-state index in [4.69, 9.17) is 0 Å². The molecule has 1 atom stereocenters. The molecule has 3 aromatic rings. The number of fused-ring (bicyclic) bond motifs is 1. The van der Waals surface area contributed by atoms with Gasteiger partial charge in [0, 0.05) is 18.6 Å². The maximum atomic E-state index is 10.8. The summed E-state index contributed by atoms with van der Waals surface area (Å²) >= 11 is 0. The standard InChI is InChI=1S/C15H13N3O3/c19-14(10-4-3-5-11(8-10)18(20)21)9-15-16-12-6-1-2-7-13(12)17-15/h1-8,14,19H,9H2,(H,16,17). The Kier molecular flexibility index (Phi) is 3.37. The van der Waals surface area contributed by atoms with Gasteiger partial charge in [0.2, 0.25) is 0 Å². The molecule has 0 saturated carbocycles. The number of imidazole rings is 1. The monoisotopic (exact) mass is 283 g/mol. The van der Waals surface area contributed by atoms with E-state index in [0.29, 0.717) is 11.4 Å². The minimum absolute atomic E-state index is 0.0313. The fraction of sp³-hybridized carbons (Fsp3) is 0.133. The lowest BCUT2D eigenvalue weighted by molar-refractivity contribution is -0.385. The van der Waals surface area contributed by atoms with Crippen LogP contribution >= 0.6 is 0 Å². The minimum atomic E-state index is -0.842. The van der Waals surface area contributed by atoms with E-state index in [1.54, 1.807) is 12.1 Å². The highest BCUT2D eigenvalue weighted by Gasteiger charge is 2.14. The average molecular weight is 283 g/mol. The summed E-state index contributed by atoms with van der Waals surface area (Å²) in [5.74, 6) is 0.648. The quantitative estimate of drug-likeness (QED) is 0.569. The fourth-order valence-electron chi connectivity index (χ4n) is 2.25. The molecular formula is C15H13N3O3. The van der Waals surface area contributed by atoms with E-state index in [1.807, 2.05) is 24.3 Å². The van der Waals surface area contributed by atoms with E-state index in [0.717, 1.165) is 11.0 Å². The summed E-state index contributed by atoms with van der Waals surface area (Å²) in [5, 5.41) is 21.0. The first-order valence-corrected chi connectivity index (χ1v) is 6.49. The number of H-pyrrole nitrogens is 1. The molecule has 0 amide bonds. The molecule has 0 aliphatic heterocycles. The zero-order valence-corrected chi connectivity index (χ0v) is 11.1. The number of hydrogen-bond acceptors (Lipinski definition) is 4. The molecule has 0 bridgehead atoms. The fourth-order valence-corrected chi connectivity index (χ4v) is 2.25. The average Bonchev–Trinajstić information content (AvgIpc) is 2.89. The molecule has 0 saturated heterocycles. The Bertz CT molecular complexity index is 764. The van der Waals surface area contributed by atoms with Crippen molar-refractivity contribution in [1.82, 2.24) is 9.97 Å². The van der Waals surface area contributed by atoms with Crippen molar-refractivity contribution in [2.24, 2.45) is 0 Å². The van der Waals surface area contributed by atoms with Gasteiger partial charge in [-0.3, -0.25) is 10.1 Å². The molecule has 0 aliphatic rings. The molecule has 2 aromatic carbocycles. The highest BCUT2D eigenvalue weighted by Crippen LogP contribution is 2.22. The number of aromatic nitrogens is 2. The number of nitro groups is 1. The number of nitrogens with zero attached hydrogens (tertiary/aromatic N) is 2. The Labute approximate surface area is 120 Å². The van der Waals surface area contributed by atoms with E-state index >= 15 is 0 Å². The van der Waals surface area contributed by atoms with Crippen molar-refractivity contribution in [2.75, 3.05) is 0 Å². The molecule has 0 spiro atoms. The molecule has 21 heavy (non-hydrogen) atoms. The lowest BCUT2D eigenvalue weighted by atomic mass is 10.1. The second-order valence-corrected chi connectivity index (χ2v) is 4.77. The van der Waals surface area contributed by atoms with E-state index in [2.05, 4.69) is 9.97 Å². The van der Waals surface area contributed by atoms with Gasteiger partial charge in [0.05, 0.1) is 22.1 Å². The molecule has 1 aromatic heterocycles. The van der Waals surface area contributed by atoms with Crippen LogP contribution in [0.5, 0.6) is 0 Å². The predicted molar refractivity (Wildman–Crippen MR) is 77.9 cm³/mol. The van der Waals surface area contributed by atoms with Crippen LogP contribution in [0.25, 0.3) is 11.0 Å². The summed E-state index contributed by atoms with van der Waals surface area (Å²) in [4.78, 5) is 17.8. The normalized spacial score (nSPS) is 12.4. The van der Waals surface area contributed by atoms with Crippen molar-refractivity contribution in [1.29, 1.82) is 0 Å². The van der Waals surface area contributed by atoms with Gasteiger partial charge in [0.25, 0.3) is 5.69 Å². The largest absolute Gasteiger partial charge is 0.388 e. The van der Waals surface area contributed by atoms with E-state index < -0.39 is 11.0 Å². The first-order valence-electron chi connectivity index (χ1n) is 6.49. The molecule has 106 valence electrons. The summed E-state index contributed by atoms with van der Waals surface area (Å²) in [6, 6.07) is 13.6. The van der Waals surface area contributed by atoms with Crippen molar-refractivity contribution < 1.29 is 10.0 Å². The molecule has 6 heteroatoms. The van der Waals surface area contributed by atoms with E-state index in [-0.39, 0.29) is 12.1 Å². The van der Waals surface area contributed by atoms with Crippen molar-refractivity contribution in [3.63, 3.8) is 0 Å². The molecule has 1 unspecified atom stereocenters. The van der Waals surface area contributed by atoms with Crippen LogP contribution in [0.3, 0.4) is 0 Å². The van der Waals surface area contributed by atoms with Gasteiger partial charge >= 0.3 is 0 Å². The minimum Gasteiger partial charge on any atom is -0.388 e. The summed E-state index contributed by atoms with van der Waals surface area (Å²) in [7, 11) is 0. The summed E-state index contributed by atoms with van der Waals surface area (Å²) in [6.45, 7) is 0. The van der Waals surface area contributed by atoms with Gasteiger partial charge in [0.1, 0.15) is 5.82 Å². The number of non-ortho nitro benzene ring substituents is 1. The van der Waals surface area contributed by atoms with Gasteiger partial charge in [0.15, 0.2) is 0 Å². The van der Waals surface area contributed by atoms with Gasteiger partial charge in [-0.15, -0.1) is 0 Å². The topological polar surface area (TPSA) is 92.1 Å². The Morgan fingerprint density at radius 1 is 1.24 bits per heavy atom. The van der Waals surface area contributed by atoms with Crippen LogP contribution in [-0.2, 0) is 6.42 Å². The zero-order chi connectivity index (χ0) is 14.8. The molecule has 3 rings (SSSR count). The zero-order valence-electron chi connectivity index (χ0n) is 11.1. The van der Waals surface area contributed by atoms with E-state index in [9.17, 15) is 15.2 Å². The van der Waals surface area contributed by atoms with Crippen LogP contribution in [0.4, 0.5) is 5.69 Å². The smallest absolute Gasteiger partial charge is 0.269 e. The number of hydrogen-bond donors (Lipinski definition) is 2. The second kappa shape index (κ2) is 5.34. The third kappa shape index (κ3) is 2.75. The maximum Gasteiger partial charge on any atom is 0.269 e. The number of benzene rings is 2. The van der Waals surface area contributed by atoms with Gasteiger partial charge in [-0.1, -0.05) is 24.3 Å². The number of rotatable bonds is 4. The molecule has 6 nitrogen and oxygen atoms in total. The molecule has 0 fully saturated rings. The Morgan fingerprint density at radius 3 is 2.81 bits per heavy atom. The molecule has 0 radical (unpaired) electrons. The summed E-state index contributed by atoms with van der Waals surface area (Å²) in [5.41, 5.74) is 2.21. The Hall–Kier alpha value is -2.73. The van der Waals surface area contributed by atoms with Gasteiger partial charge in [-0.25, -0.2) is 4.98 Å². The lowest BCUT2D eigenvalue weighted by Gasteiger charge is -2.08. The molecular weight excluding hydrogens is 270 g/mol. The Balaban J connectivity index is 1.83.